The topological polar surface area (TPSA) is 32.3 Å². The van der Waals surface area contributed by atoms with Gasteiger partial charge in [0.1, 0.15) is 5.75 Å². The van der Waals surface area contributed by atoms with Crippen LogP contribution in [0.1, 0.15) is 47.6 Å². The van der Waals surface area contributed by atoms with Crippen LogP contribution in [0.4, 0.5) is 5.69 Å². The summed E-state index contributed by atoms with van der Waals surface area (Å²) in [6.45, 7) is 0. The van der Waals surface area contributed by atoms with Crippen LogP contribution in [0.5, 0.6) is 5.75 Å². The largest absolute Gasteiger partial charge is 0.508 e. The Kier molecular flexibility index (Phi) is 3.10. The average molecular weight is 279 g/mol. The molecule has 0 aliphatic heterocycles. The summed E-state index contributed by atoms with van der Waals surface area (Å²) in [6.07, 6.45) is 7.17. The van der Waals surface area contributed by atoms with Gasteiger partial charge in [0.15, 0.2) is 0 Å². The summed E-state index contributed by atoms with van der Waals surface area (Å²) in [6, 6.07) is 13.0. The van der Waals surface area contributed by atoms with E-state index < -0.39 is 0 Å². The lowest BCUT2D eigenvalue weighted by atomic mass is 9.87. The fourth-order valence-corrected chi connectivity index (χ4v) is 3.81. The first-order valence-electron chi connectivity index (χ1n) is 8.00. The number of anilines is 1. The molecule has 0 saturated carbocycles. The van der Waals surface area contributed by atoms with Crippen LogP contribution < -0.4 is 5.32 Å². The normalized spacial score (nSPS) is 19.9. The maximum atomic E-state index is 9.65. The number of rotatable bonds is 2. The van der Waals surface area contributed by atoms with Gasteiger partial charge in [-0.3, -0.25) is 0 Å². The molecule has 0 amide bonds. The molecule has 2 aliphatic carbocycles. The first-order valence-corrected chi connectivity index (χ1v) is 8.00. The molecule has 0 spiro atoms. The van der Waals surface area contributed by atoms with Crippen molar-refractivity contribution in [3.05, 3.63) is 58.7 Å². The van der Waals surface area contributed by atoms with E-state index in [1.807, 2.05) is 12.1 Å². The molecule has 0 saturated heterocycles. The minimum absolute atomic E-state index is 0.369. The maximum absolute atomic E-state index is 9.65. The van der Waals surface area contributed by atoms with E-state index in [-0.39, 0.29) is 0 Å². The predicted molar refractivity (Wildman–Crippen MR) is 85.9 cm³/mol. The maximum Gasteiger partial charge on any atom is 0.115 e. The molecule has 1 unspecified atom stereocenters. The Morgan fingerprint density at radius 2 is 1.71 bits per heavy atom. The standard InChI is InChI=1S/C19H21NO/c21-17-9-10-18-15(12-17)5-2-6-19(18)20-16-8-7-13-3-1-4-14(13)11-16/h7-12,19-21H,1-6H2. The fraction of sp³-hybridized carbons (Fsp3) is 0.368. The van der Waals surface area contributed by atoms with Gasteiger partial charge >= 0.3 is 0 Å². The van der Waals surface area contributed by atoms with E-state index in [1.165, 1.54) is 53.6 Å². The van der Waals surface area contributed by atoms with E-state index in [0.29, 0.717) is 11.8 Å². The predicted octanol–water partition coefficient (Wildman–Crippen LogP) is 4.37. The van der Waals surface area contributed by atoms with Crippen LogP contribution in [0.3, 0.4) is 0 Å². The van der Waals surface area contributed by atoms with Gasteiger partial charge in [-0.25, -0.2) is 0 Å². The van der Waals surface area contributed by atoms with Crippen molar-refractivity contribution in [1.29, 1.82) is 0 Å². The summed E-state index contributed by atoms with van der Waals surface area (Å²) in [4.78, 5) is 0. The third-order valence-corrected chi connectivity index (χ3v) is 4.88. The molecule has 4 rings (SSSR count). The van der Waals surface area contributed by atoms with Crippen molar-refractivity contribution >= 4 is 5.69 Å². The van der Waals surface area contributed by atoms with E-state index >= 15 is 0 Å². The summed E-state index contributed by atoms with van der Waals surface area (Å²) < 4.78 is 0. The summed E-state index contributed by atoms with van der Waals surface area (Å²) in [5.41, 5.74) is 6.91. The third kappa shape index (κ3) is 2.39. The van der Waals surface area contributed by atoms with Crippen LogP contribution in [-0.4, -0.2) is 5.11 Å². The van der Waals surface area contributed by atoms with Crippen molar-refractivity contribution in [2.24, 2.45) is 0 Å². The zero-order valence-corrected chi connectivity index (χ0v) is 12.2. The number of phenols is 1. The van der Waals surface area contributed by atoms with Gasteiger partial charge in [-0.05, 0) is 85.0 Å². The Balaban J connectivity index is 1.61. The SMILES string of the molecule is Oc1ccc2c(c1)CCCC2Nc1ccc2c(c1)CCC2. The summed E-state index contributed by atoms with van der Waals surface area (Å²) in [5, 5.41) is 13.4. The molecule has 21 heavy (non-hydrogen) atoms. The second-order valence-electron chi connectivity index (χ2n) is 6.31. The van der Waals surface area contributed by atoms with Crippen molar-refractivity contribution in [3.63, 3.8) is 0 Å². The van der Waals surface area contributed by atoms with Crippen molar-refractivity contribution in [3.8, 4) is 5.75 Å². The highest BCUT2D eigenvalue weighted by atomic mass is 16.3. The van der Waals surface area contributed by atoms with Crippen LogP contribution in [0.2, 0.25) is 0 Å². The van der Waals surface area contributed by atoms with E-state index in [9.17, 15) is 5.11 Å². The lowest BCUT2D eigenvalue weighted by Crippen LogP contribution is -2.17. The van der Waals surface area contributed by atoms with E-state index in [0.717, 1.165) is 12.8 Å². The third-order valence-electron chi connectivity index (χ3n) is 4.88. The molecule has 0 radical (unpaired) electrons. The Labute approximate surface area is 125 Å². The zero-order valence-electron chi connectivity index (χ0n) is 12.2. The Bertz CT molecular complexity index is 677. The highest BCUT2D eigenvalue weighted by Gasteiger charge is 2.21. The number of fused-ring (bicyclic) bond motifs is 2. The number of hydrogen-bond acceptors (Lipinski definition) is 2. The molecule has 2 aromatic carbocycles. The highest BCUT2D eigenvalue weighted by Crippen LogP contribution is 2.35. The van der Waals surface area contributed by atoms with Crippen LogP contribution >= 0.6 is 0 Å². The van der Waals surface area contributed by atoms with Crippen molar-refractivity contribution in [1.82, 2.24) is 0 Å². The number of hydrogen-bond donors (Lipinski definition) is 2. The molecule has 0 aromatic heterocycles. The van der Waals surface area contributed by atoms with Crippen LogP contribution in [0, 0.1) is 0 Å². The quantitative estimate of drug-likeness (QED) is 0.855. The minimum Gasteiger partial charge on any atom is -0.508 e. The van der Waals surface area contributed by atoms with Gasteiger partial charge in [0.05, 0.1) is 6.04 Å². The monoisotopic (exact) mass is 279 g/mol. The van der Waals surface area contributed by atoms with Crippen molar-refractivity contribution < 1.29 is 5.11 Å². The van der Waals surface area contributed by atoms with E-state index in [4.69, 9.17) is 0 Å². The van der Waals surface area contributed by atoms with Crippen LogP contribution in [0.15, 0.2) is 36.4 Å². The summed E-state index contributed by atoms with van der Waals surface area (Å²) in [5.74, 6) is 0.381. The summed E-state index contributed by atoms with van der Waals surface area (Å²) in [7, 11) is 0. The Morgan fingerprint density at radius 3 is 2.67 bits per heavy atom. The minimum atomic E-state index is 0.369. The van der Waals surface area contributed by atoms with Gasteiger partial charge < -0.3 is 10.4 Å². The number of nitrogens with one attached hydrogen (secondary N) is 1. The Morgan fingerprint density at radius 1 is 0.857 bits per heavy atom. The van der Waals surface area contributed by atoms with E-state index in [2.05, 4.69) is 29.6 Å². The molecule has 2 nitrogen and oxygen atoms in total. The fourth-order valence-electron chi connectivity index (χ4n) is 3.81. The molecular formula is C19H21NO. The molecule has 2 aliphatic rings. The van der Waals surface area contributed by atoms with Gasteiger partial charge in [-0.15, -0.1) is 0 Å². The van der Waals surface area contributed by atoms with E-state index in [1.54, 1.807) is 0 Å². The van der Waals surface area contributed by atoms with Gasteiger partial charge in [0.2, 0.25) is 0 Å². The highest BCUT2D eigenvalue weighted by molar-refractivity contribution is 5.52. The molecule has 2 N–H and O–H groups in total. The van der Waals surface area contributed by atoms with Crippen LogP contribution in [0.25, 0.3) is 0 Å². The molecule has 1 atom stereocenters. The lowest BCUT2D eigenvalue weighted by molar-refractivity contribution is 0.472. The van der Waals surface area contributed by atoms with Crippen molar-refractivity contribution in [2.45, 2.75) is 44.6 Å². The zero-order chi connectivity index (χ0) is 14.2. The van der Waals surface area contributed by atoms with Crippen molar-refractivity contribution in [2.75, 3.05) is 5.32 Å². The molecule has 2 aromatic rings. The lowest BCUT2D eigenvalue weighted by Gasteiger charge is -2.27. The Hall–Kier alpha value is -1.96. The first-order chi connectivity index (χ1) is 10.3. The molecule has 0 fully saturated rings. The van der Waals surface area contributed by atoms with Gasteiger partial charge in [0, 0.05) is 5.69 Å². The summed E-state index contributed by atoms with van der Waals surface area (Å²) >= 11 is 0. The average Bonchev–Trinajstić information content (AvgIpc) is 2.95. The number of phenolic OH excluding ortho intramolecular Hbond substituents is 1. The van der Waals surface area contributed by atoms with Crippen LogP contribution in [-0.2, 0) is 19.3 Å². The number of benzene rings is 2. The van der Waals surface area contributed by atoms with Gasteiger partial charge in [0.25, 0.3) is 0 Å². The first kappa shape index (κ1) is 12.8. The smallest absolute Gasteiger partial charge is 0.115 e. The molecule has 2 heteroatoms. The molecular weight excluding hydrogens is 258 g/mol. The van der Waals surface area contributed by atoms with Gasteiger partial charge in [-0.2, -0.15) is 0 Å². The molecule has 108 valence electrons. The number of aryl methyl sites for hydroxylation is 3. The second kappa shape index (κ2) is 5.10. The molecule has 0 bridgehead atoms. The van der Waals surface area contributed by atoms with Gasteiger partial charge in [-0.1, -0.05) is 12.1 Å². The second-order valence-corrected chi connectivity index (χ2v) is 6.31. The molecule has 0 heterocycles. The number of aromatic hydroxyl groups is 1.